The number of nitrogens with one attached hydrogen (secondary N) is 1. The van der Waals surface area contributed by atoms with Gasteiger partial charge in [0.25, 0.3) is 0 Å². The third-order valence-corrected chi connectivity index (χ3v) is 4.08. The number of aromatic nitrogens is 1. The average molecular weight is 290 g/mol. The Morgan fingerprint density at radius 1 is 1.21 bits per heavy atom. The van der Waals surface area contributed by atoms with E-state index in [0.717, 1.165) is 33.2 Å². The number of hydrogen-bond acceptors (Lipinski definition) is 4. The number of hydrogen-bond donors (Lipinski definition) is 2. The number of nitrogens with zero attached hydrogens (tertiary/aromatic N) is 1. The van der Waals surface area contributed by atoms with Crippen molar-refractivity contribution < 1.29 is 0 Å². The molecule has 0 saturated carbocycles. The molecule has 0 amide bonds. The molecular weight excluding hydrogens is 278 g/mol. The molecule has 96 valence electrons. The average Bonchev–Trinajstić information content (AvgIpc) is 2.81. The number of benzene rings is 1. The predicted molar refractivity (Wildman–Crippen MR) is 82.8 cm³/mol. The molecule has 0 radical (unpaired) electrons. The van der Waals surface area contributed by atoms with Gasteiger partial charge in [-0.05, 0) is 36.4 Å². The molecule has 3 N–H and O–H groups in total. The first-order valence-corrected chi connectivity index (χ1v) is 7.04. The Hall–Kier alpha value is -1.78. The lowest BCUT2D eigenvalue weighted by Crippen LogP contribution is -1.98. The summed E-state index contributed by atoms with van der Waals surface area (Å²) in [6.07, 6.45) is 1.78. The Kier molecular flexibility index (Phi) is 3.27. The largest absolute Gasteiger partial charge is 0.399 e. The maximum absolute atomic E-state index is 5.92. The van der Waals surface area contributed by atoms with Crippen LogP contribution in [0.15, 0.2) is 42.6 Å². The van der Waals surface area contributed by atoms with Crippen molar-refractivity contribution in [2.75, 3.05) is 11.1 Å². The first-order valence-electron chi connectivity index (χ1n) is 5.85. The van der Waals surface area contributed by atoms with E-state index in [2.05, 4.69) is 10.3 Å². The lowest BCUT2D eigenvalue weighted by Gasteiger charge is -2.08. The highest BCUT2D eigenvalue weighted by Gasteiger charge is 2.03. The van der Waals surface area contributed by atoms with Crippen LogP contribution in [-0.2, 0) is 6.54 Å². The van der Waals surface area contributed by atoms with E-state index in [9.17, 15) is 0 Å². The van der Waals surface area contributed by atoms with Gasteiger partial charge in [-0.2, -0.15) is 0 Å². The van der Waals surface area contributed by atoms with Crippen molar-refractivity contribution in [3.63, 3.8) is 0 Å². The highest BCUT2D eigenvalue weighted by atomic mass is 35.5. The maximum Gasteiger partial charge on any atom is 0.0931 e. The van der Waals surface area contributed by atoms with Crippen LogP contribution in [0.5, 0.6) is 0 Å². The maximum atomic E-state index is 5.92. The monoisotopic (exact) mass is 289 g/mol. The van der Waals surface area contributed by atoms with Crippen LogP contribution in [0.2, 0.25) is 4.34 Å². The smallest absolute Gasteiger partial charge is 0.0931 e. The van der Waals surface area contributed by atoms with Gasteiger partial charge < -0.3 is 11.1 Å². The molecule has 3 aromatic rings. The number of nitrogen functional groups attached to an aromatic ring is 1. The Bertz CT molecular complexity index is 724. The van der Waals surface area contributed by atoms with Crippen LogP contribution in [0.4, 0.5) is 11.4 Å². The molecule has 0 aliphatic rings. The quantitative estimate of drug-likeness (QED) is 0.712. The van der Waals surface area contributed by atoms with Gasteiger partial charge in [0.2, 0.25) is 0 Å². The standard InChI is InChI=1S/C14H12ClN3S/c15-14-4-2-10(19-14)8-18-12-5-6-17-13-7-9(16)1-3-11(12)13/h1-7H,8,16H2,(H,17,18). The van der Waals surface area contributed by atoms with E-state index in [-0.39, 0.29) is 0 Å². The molecule has 0 spiro atoms. The summed E-state index contributed by atoms with van der Waals surface area (Å²) in [5, 5.41) is 4.48. The summed E-state index contributed by atoms with van der Waals surface area (Å²) in [7, 11) is 0. The molecule has 19 heavy (non-hydrogen) atoms. The second-order valence-corrected chi connectivity index (χ2v) is 5.99. The van der Waals surface area contributed by atoms with Crippen molar-refractivity contribution in [1.29, 1.82) is 0 Å². The first kappa shape index (κ1) is 12.3. The molecule has 1 aromatic carbocycles. The normalized spacial score (nSPS) is 10.8. The number of thiophene rings is 1. The van der Waals surface area contributed by atoms with Gasteiger partial charge in [0.1, 0.15) is 0 Å². The van der Waals surface area contributed by atoms with Crippen molar-refractivity contribution in [2.45, 2.75) is 6.54 Å². The van der Waals surface area contributed by atoms with Crippen molar-refractivity contribution >= 4 is 45.2 Å². The van der Waals surface area contributed by atoms with E-state index in [1.54, 1.807) is 17.5 Å². The number of anilines is 2. The van der Waals surface area contributed by atoms with Gasteiger partial charge in [0.05, 0.1) is 9.85 Å². The molecule has 0 aliphatic heterocycles. The molecule has 0 unspecified atom stereocenters. The van der Waals surface area contributed by atoms with Gasteiger partial charge in [-0.1, -0.05) is 11.6 Å². The van der Waals surface area contributed by atoms with E-state index < -0.39 is 0 Å². The Morgan fingerprint density at radius 3 is 2.89 bits per heavy atom. The summed E-state index contributed by atoms with van der Waals surface area (Å²) >= 11 is 7.50. The SMILES string of the molecule is Nc1ccc2c(NCc3ccc(Cl)s3)ccnc2c1. The molecule has 3 rings (SSSR count). The lowest BCUT2D eigenvalue weighted by atomic mass is 10.1. The van der Waals surface area contributed by atoms with Crippen molar-refractivity contribution in [3.05, 3.63) is 51.8 Å². The van der Waals surface area contributed by atoms with Crippen LogP contribution in [-0.4, -0.2) is 4.98 Å². The summed E-state index contributed by atoms with van der Waals surface area (Å²) < 4.78 is 0.809. The molecule has 3 nitrogen and oxygen atoms in total. The third-order valence-electron chi connectivity index (χ3n) is 2.85. The number of fused-ring (bicyclic) bond motifs is 1. The zero-order valence-electron chi connectivity index (χ0n) is 10.1. The molecule has 0 aliphatic carbocycles. The molecular formula is C14H12ClN3S. The Balaban J connectivity index is 1.88. The van der Waals surface area contributed by atoms with E-state index in [1.165, 1.54) is 4.88 Å². The zero-order valence-corrected chi connectivity index (χ0v) is 11.6. The summed E-state index contributed by atoms with van der Waals surface area (Å²) in [5.41, 5.74) is 8.44. The predicted octanol–water partition coefficient (Wildman–Crippen LogP) is 4.14. The lowest BCUT2D eigenvalue weighted by molar-refractivity contribution is 1.19. The van der Waals surface area contributed by atoms with Crippen LogP contribution in [0.1, 0.15) is 4.88 Å². The molecule has 2 heterocycles. The van der Waals surface area contributed by atoms with Gasteiger partial charge >= 0.3 is 0 Å². The van der Waals surface area contributed by atoms with Gasteiger partial charge in [0, 0.05) is 34.4 Å². The summed E-state index contributed by atoms with van der Waals surface area (Å²) in [4.78, 5) is 5.52. The number of halogens is 1. The van der Waals surface area contributed by atoms with E-state index in [1.807, 2.05) is 36.4 Å². The fourth-order valence-electron chi connectivity index (χ4n) is 1.95. The minimum atomic E-state index is 0.724. The van der Waals surface area contributed by atoms with Crippen LogP contribution in [0, 0.1) is 0 Å². The van der Waals surface area contributed by atoms with Gasteiger partial charge in [-0.25, -0.2) is 0 Å². The van der Waals surface area contributed by atoms with Crippen LogP contribution in [0.3, 0.4) is 0 Å². The van der Waals surface area contributed by atoms with Crippen LogP contribution < -0.4 is 11.1 Å². The van der Waals surface area contributed by atoms with Gasteiger partial charge in [0.15, 0.2) is 0 Å². The first-order chi connectivity index (χ1) is 9.22. The third kappa shape index (κ3) is 2.64. The minimum Gasteiger partial charge on any atom is -0.399 e. The second kappa shape index (κ2) is 5.07. The summed E-state index contributed by atoms with van der Waals surface area (Å²) in [6.45, 7) is 0.751. The molecule has 0 saturated heterocycles. The summed E-state index contributed by atoms with van der Waals surface area (Å²) in [6, 6.07) is 11.7. The Labute approximate surface area is 120 Å². The minimum absolute atomic E-state index is 0.724. The molecule has 0 atom stereocenters. The number of rotatable bonds is 3. The Morgan fingerprint density at radius 2 is 2.11 bits per heavy atom. The highest BCUT2D eigenvalue weighted by Crippen LogP contribution is 2.26. The molecule has 0 bridgehead atoms. The van der Waals surface area contributed by atoms with E-state index in [4.69, 9.17) is 17.3 Å². The van der Waals surface area contributed by atoms with Gasteiger partial charge in [-0.3, -0.25) is 4.98 Å². The van der Waals surface area contributed by atoms with Crippen molar-refractivity contribution in [1.82, 2.24) is 4.98 Å². The van der Waals surface area contributed by atoms with Crippen LogP contribution in [0.25, 0.3) is 10.9 Å². The summed E-state index contributed by atoms with van der Waals surface area (Å²) in [5.74, 6) is 0. The topological polar surface area (TPSA) is 50.9 Å². The van der Waals surface area contributed by atoms with Crippen LogP contribution >= 0.6 is 22.9 Å². The highest BCUT2D eigenvalue weighted by molar-refractivity contribution is 7.16. The van der Waals surface area contributed by atoms with Crippen molar-refractivity contribution in [2.24, 2.45) is 0 Å². The molecule has 0 fully saturated rings. The zero-order chi connectivity index (χ0) is 13.2. The fraction of sp³-hybridized carbons (Fsp3) is 0.0714. The van der Waals surface area contributed by atoms with Gasteiger partial charge in [-0.15, -0.1) is 11.3 Å². The molecule has 5 heteroatoms. The second-order valence-electron chi connectivity index (χ2n) is 4.19. The molecule has 2 aromatic heterocycles. The fourth-order valence-corrected chi connectivity index (χ4v) is 2.98. The van der Waals surface area contributed by atoms with Crippen molar-refractivity contribution in [3.8, 4) is 0 Å². The number of pyridine rings is 1. The van der Waals surface area contributed by atoms with E-state index >= 15 is 0 Å². The number of nitrogens with two attached hydrogens (primary N) is 1. The van der Waals surface area contributed by atoms with E-state index in [0.29, 0.717) is 0 Å².